The van der Waals surface area contributed by atoms with Crippen LogP contribution in [0.25, 0.3) is 147 Å². The third-order valence-corrected chi connectivity index (χ3v) is 15.8. The molecule has 0 atom stereocenters. The summed E-state index contributed by atoms with van der Waals surface area (Å²) in [6, 6.07) is 78.8. The van der Waals surface area contributed by atoms with E-state index in [0.717, 1.165) is 83.3 Å². The van der Waals surface area contributed by atoms with Crippen molar-refractivity contribution < 1.29 is 4.42 Å². The van der Waals surface area contributed by atoms with E-state index in [9.17, 15) is 0 Å². The molecule has 0 saturated carbocycles. The van der Waals surface area contributed by atoms with Gasteiger partial charge in [0.25, 0.3) is 0 Å². The number of furan rings is 1. The Kier molecular flexibility index (Phi) is 8.41. The number of nitrogens with zero attached hydrogens (tertiary/aromatic N) is 3. The number of hydrogen-bond acceptors (Lipinski definition) is 4. The molecule has 0 aliphatic rings. The van der Waals surface area contributed by atoms with Crippen LogP contribution in [0.2, 0.25) is 0 Å². The van der Waals surface area contributed by atoms with Crippen LogP contribution in [-0.4, -0.2) is 14.5 Å². The fourth-order valence-electron chi connectivity index (χ4n) is 11.3. The average molecular weight is 910 g/mol. The van der Waals surface area contributed by atoms with Gasteiger partial charge in [-0.25, -0.2) is 9.97 Å². The van der Waals surface area contributed by atoms with Gasteiger partial charge in [0.15, 0.2) is 11.4 Å². The normalized spacial score (nSPS) is 12.1. The minimum absolute atomic E-state index is 0.681. The molecular weight excluding hydrogens is 871 g/mol. The molecule has 15 aromatic rings. The monoisotopic (exact) mass is 909 g/mol. The molecule has 0 aliphatic carbocycles. The van der Waals surface area contributed by atoms with Crippen molar-refractivity contribution >= 4 is 108 Å². The Hall–Kier alpha value is -8.90. The maximum absolute atomic E-state index is 7.30. The summed E-state index contributed by atoms with van der Waals surface area (Å²) in [6.45, 7) is 2.19. The minimum atomic E-state index is 0.681. The maximum atomic E-state index is 7.30. The molecule has 0 fully saturated rings. The van der Waals surface area contributed by atoms with E-state index < -0.39 is 0 Å². The molecule has 15 rings (SSSR count). The fraction of sp³-hybridized carbons (Fsp3) is 0.0154. The van der Waals surface area contributed by atoms with Crippen molar-refractivity contribution in [2.24, 2.45) is 0 Å². The molecule has 0 bridgehead atoms. The van der Waals surface area contributed by atoms with Gasteiger partial charge < -0.3 is 8.98 Å². The standard InChI is InChI=1S/C65H39N3OS/c1-38-60(43-28-26-40(27-29-43)39-14-3-2-4-15-39)66-65(52-24-13-23-49-48-22-11-12-25-57(48)70-64(49)52)67-61(38)51-33-32-50-59-47-21-10-8-17-42(47)31-35-56(59)69-63(50)62(51)68-54-34-30-41-16-7-9-20-46(41)58(54)53-36-44-18-5-6-19-45(44)37-55(53)68/h2-37H,1H3. The van der Waals surface area contributed by atoms with E-state index in [2.05, 4.69) is 230 Å². The molecule has 70 heavy (non-hydrogen) atoms. The second-order valence-electron chi connectivity index (χ2n) is 18.4. The summed E-state index contributed by atoms with van der Waals surface area (Å²) in [4.78, 5) is 11.3. The molecule has 326 valence electrons. The highest BCUT2D eigenvalue weighted by Crippen LogP contribution is 2.48. The van der Waals surface area contributed by atoms with Crippen molar-refractivity contribution in [1.29, 1.82) is 0 Å². The van der Waals surface area contributed by atoms with Gasteiger partial charge in [0.05, 0.1) is 28.1 Å². The van der Waals surface area contributed by atoms with Crippen molar-refractivity contribution in [1.82, 2.24) is 14.5 Å². The lowest BCUT2D eigenvalue weighted by molar-refractivity contribution is 0.667. The van der Waals surface area contributed by atoms with Gasteiger partial charge in [0.1, 0.15) is 5.58 Å². The largest absolute Gasteiger partial charge is 0.454 e. The predicted octanol–water partition coefficient (Wildman–Crippen LogP) is 18.3. The third-order valence-electron chi connectivity index (χ3n) is 14.6. The lowest BCUT2D eigenvalue weighted by Gasteiger charge is -2.19. The Morgan fingerprint density at radius 3 is 1.84 bits per heavy atom. The first-order valence-electron chi connectivity index (χ1n) is 23.8. The van der Waals surface area contributed by atoms with Gasteiger partial charge in [0.2, 0.25) is 0 Å². The molecular formula is C65H39N3OS. The average Bonchev–Trinajstić information content (AvgIpc) is 4.10. The number of hydrogen-bond donors (Lipinski definition) is 0. The second kappa shape index (κ2) is 15.1. The molecule has 4 nitrogen and oxygen atoms in total. The minimum Gasteiger partial charge on any atom is -0.454 e. The van der Waals surface area contributed by atoms with Crippen LogP contribution in [0.4, 0.5) is 0 Å². The van der Waals surface area contributed by atoms with E-state index in [-0.39, 0.29) is 0 Å². The number of aromatic nitrogens is 3. The number of thiophene rings is 1. The molecule has 0 aliphatic heterocycles. The quantitative estimate of drug-likeness (QED) is 0.173. The van der Waals surface area contributed by atoms with Gasteiger partial charge in [-0.1, -0.05) is 170 Å². The zero-order chi connectivity index (χ0) is 46.0. The number of rotatable bonds is 5. The zero-order valence-electron chi connectivity index (χ0n) is 37.9. The first kappa shape index (κ1) is 39.1. The lowest BCUT2D eigenvalue weighted by atomic mass is 9.96. The highest BCUT2D eigenvalue weighted by Gasteiger charge is 2.27. The molecule has 0 spiro atoms. The third kappa shape index (κ3) is 5.76. The van der Waals surface area contributed by atoms with Crippen molar-refractivity contribution in [3.8, 4) is 50.7 Å². The van der Waals surface area contributed by atoms with Gasteiger partial charge in [-0.3, -0.25) is 0 Å². The van der Waals surface area contributed by atoms with Crippen molar-refractivity contribution in [2.75, 3.05) is 0 Å². The first-order chi connectivity index (χ1) is 34.6. The number of benzene rings is 11. The Balaban J connectivity index is 1.10. The Bertz CT molecular complexity index is 4660. The summed E-state index contributed by atoms with van der Waals surface area (Å²) in [7, 11) is 0. The SMILES string of the molecule is Cc1c(-c2ccc(-c3ccccc3)cc2)nc(-c2cccc3c2sc2ccccc23)nc1-c1ccc2c(oc3ccc4ccccc4c32)c1-n1c2cc3ccccc3cc2c2c3ccccc3ccc21. The smallest absolute Gasteiger partial charge is 0.161 e. The van der Waals surface area contributed by atoms with Crippen LogP contribution in [0.15, 0.2) is 223 Å². The van der Waals surface area contributed by atoms with E-state index in [4.69, 9.17) is 14.4 Å². The molecule has 5 heteroatoms. The molecule has 0 saturated heterocycles. The summed E-state index contributed by atoms with van der Waals surface area (Å²) in [5, 5.41) is 14.1. The van der Waals surface area contributed by atoms with Crippen LogP contribution >= 0.6 is 11.3 Å². The number of fused-ring (bicyclic) bond motifs is 14. The van der Waals surface area contributed by atoms with Crippen LogP contribution in [0.3, 0.4) is 0 Å². The molecule has 4 heterocycles. The van der Waals surface area contributed by atoms with Crippen molar-refractivity contribution in [3.05, 3.63) is 224 Å². The lowest BCUT2D eigenvalue weighted by Crippen LogP contribution is -2.04. The summed E-state index contributed by atoms with van der Waals surface area (Å²) >= 11 is 1.80. The molecule has 0 amide bonds. The van der Waals surface area contributed by atoms with Gasteiger partial charge in [-0.15, -0.1) is 11.3 Å². The van der Waals surface area contributed by atoms with Gasteiger partial charge in [-0.2, -0.15) is 0 Å². The van der Waals surface area contributed by atoms with Gasteiger partial charge in [-0.05, 0) is 98.9 Å². The Labute approximate surface area is 406 Å². The highest BCUT2D eigenvalue weighted by atomic mass is 32.1. The van der Waals surface area contributed by atoms with Gasteiger partial charge >= 0.3 is 0 Å². The van der Waals surface area contributed by atoms with E-state index >= 15 is 0 Å². The van der Waals surface area contributed by atoms with Crippen LogP contribution in [0.5, 0.6) is 0 Å². The van der Waals surface area contributed by atoms with E-state index in [1.54, 1.807) is 11.3 Å². The molecule has 4 aromatic heterocycles. The van der Waals surface area contributed by atoms with Gasteiger partial charge in [0, 0.05) is 64.0 Å². The van der Waals surface area contributed by atoms with Crippen molar-refractivity contribution in [2.45, 2.75) is 6.92 Å². The van der Waals surface area contributed by atoms with Crippen LogP contribution < -0.4 is 0 Å². The molecule has 0 N–H and O–H groups in total. The summed E-state index contributed by atoms with van der Waals surface area (Å²) in [5.41, 5.74) is 12.9. The predicted molar refractivity (Wildman–Crippen MR) is 296 cm³/mol. The Morgan fingerprint density at radius 2 is 1.04 bits per heavy atom. The summed E-state index contributed by atoms with van der Waals surface area (Å²) in [6.07, 6.45) is 0. The first-order valence-corrected chi connectivity index (χ1v) is 24.6. The molecule has 0 unspecified atom stereocenters. The second-order valence-corrected chi connectivity index (χ2v) is 19.5. The fourth-order valence-corrected chi connectivity index (χ4v) is 12.5. The van der Waals surface area contributed by atoms with E-state index in [0.29, 0.717) is 5.82 Å². The topological polar surface area (TPSA) is 43.9 Å². The Morgan fingerprint density at radius 1 is 0.414 bits per heavy atom. The summed E-state index contributed by atoms with van der Waals surface area (Å²) < 4.78 is 12.2. The summed E-state index contributed by atoms with van der Waals surface area (Å²) in [5.74, 6) is 0.681. The van der Waals surface area contributed by atoms with Crippen molar-refractivity contribution in [3.63, 3.8) is 0 Å². The maximum Gasteiger partial charge on any atom is 0.161 e. The zero-order valence-corrected chi connectivity index (χ0v) is 38.8. The molecule has 0 radical (unpaired) electrons. The van der Waals surface area contributed by atoms with Crippen LogP contribution in [0, 0.1) is 6.92 Å². The van der Waals surface area contributed by atoms with E-state index in [1.807, 2.05) is 0 Å². The van der Waals surface area contributed by atoms with Crippen LogP contribution in [0.1, 0.15) is 5.56 Å². The highest BCUT2D eigenvalue weighted by molar-refractivity contribution is 7.26. The van der Waals surface area contributed by atoms with E-state index in [1.165, 1.54) is 63.4 Å². The molecule has 11 aromatic carbocycles. The van der Waals surface area contributed by atoms with Crippen LogP contribution in [-0.2, 0) is 0 Å².